The highest BCUT2D eigenvalue weighted by molar-refractivity contribution is 7.09. The lowest BCUT2D eigenvalue weighted by Gasteiger charge is -2.16. The van der Waals surface area contributed by atoms with E-state index in [4.69, 9.17) is 5.11 Å². The first-order chi connectivity index (χ1) is 12.4. The van der Waals surface area contributed by atoms with Crippen LogP contribution in [0.2, 0.25) is 0 Å². The minimum Gasteiger partial charge on any atom is -0.476 e. The number of amides is 2. The molecule has 1 saturated heterocycles. The predicted octanol–water partition coefficient (Wildman–Crippen LogP) is 1.81. The molecule has 1 unspecified atom stereocenters. The number of aromatic nitrogens is 1. The van der Waals surface area contributed by atoms with Crippen LogP contribution in [0.3, 0.4) is 0 Å². The predicted molar refractivity (Wildman–Crippen MR) is 95.6 cm³/mol. The SMILES string of the molecule is Cc1ccc(CN2CC(C(=O)NCc3nc(C(=O)O)cs3)CC2=O)cc1. The van der Waals surface area contributed by atoms with Gasteiger partial charge >= 0.3 is 5.97 Å². The average molecular weight is 373 g/mol. The molecule has 136 valence electrons. The van der Waals surface area contributed by atoms with Gasteiger partial charge in [0.05, 0.1) is 12.5 Å². The van der Waals surface area contributed by atoms with Crippen molar-refractivity contribution in [2.24, 2.45) is 5.92 Å². The molecule has 2 amide bonds. The summed E-state index contributed by atoms with van der Waals surface area (Å²) in [5, 5.41) is 13.6. The Labute approximate surface area is 154 Å². The van der Waals surface area contributed by atoms with Gasteiger partial charge in [-0.05, 0) is 12.5 Å². The van der Waals surface area contributed by atoms with Gasteiger partial charge in [-0.15, -0.1) is 11.3 Å². The summed E-state index contributed by atoms with van der Waals surface area (Å²) in [7, 11) is 0. The number of carboxylic acids is 1. The molecule has 0 spiro atoms. The molecular formula is C18H19N3O4S. The second-order valence-electron chi connectivity index (χ2n) is 6.31. The Morgan fingerprint density at radius 2 is 2.08 bits per heavy atom. The van der Waals surface area contributed by atoms with Crippen molar-refractivity contribution < 1.29 is 19.5 Å². The molecule has 2 aromatic rings. The fourth-order valence-corrected chi connectivity index (χ4v) is 3.52. The van der Waals surface area contributed by atoms with Crippen LogP contribution in [0.15, 0.2) is 29.6 Å². The Morgan fingerprint density at radius 1 is 1.35 bits per heavy atom. The molecule has 3 rings (SSSR count). The fraction of sp³-hybridized carbons (Fsp3) is 0.333. The molecule has 8 heteroatoms. The number of aryl methyl sites for hydroxylation is 1. The van der Waals surface area contributed by atoms with E-state index >= 15 is 0 Å². The minimum absolute atomic E-state index is 0.0282. The van der Waals surface area contributed by atoms with Crippen LogP contribution in [0, 0.1) is 12.8 Å². The lowest BCUT2D eigenvalue weighted by molar-refractivity contribution is -0.129. The second-order valence-corrected chi connectivity index (χ2v) is 7.25. The zero-order chi connectivity index (χ0) is 18.7. The van der Waals surface area contributed by atoms with Gasteiger partial charge in [0.15, 0.2) is 5.69 Å². The van der Waals surface area contributed by atoms with E-state index in [-0.39, 0.29) is 30.5 Å². The summed E-state index contributed by atoms with van der Waals surface area (Å²) in [6.45, 7) is 3.06. The van der Waals surface area contributed by atoms with Gasteiger partial charge in [0.1, 0.15) is 5.01 Å². The number of nitrogens with zero attached hydrogens (tertiary/aromatic N) is 2. The Bertz CT molecular complexity index is 831. The van der Waals surface area contributed by atoms with E-state index in [1.807, 2.05) is 31.2 Å². The summed E-state index contributed by atoms with van der Waals surface area (Å²) in [6, 6.07) is 7.97. The van der Waals surface area contributed by atoms with Crippen molar-refractivity contribution in [3.05, 3.63) is 51.5 Å². The van der Waals surface area contributed by atoms with E-state index in [0.717, 1.165) is 11.1 Å². The van der Waals surface area contributed by atoms with Crippen molar-refractivity contribution in [2.45, 2.75) is 26.4 Å². The number of rotatable bonds is 6. The van der Waals surface area contributed by atoms with Crippen LogP contribution >= 0.6 is 11.3 Å². The molecule has 2 heterocycles. The van der Waals surface area contributed by atoms with E-state index in [0.29, 0.717) is 18.1 Å². The normalized spacial score (nSPS) is 16.7. The molecule has 0 aliphatic carbocycles. The number of aromatic carboxylic acids is 1. The largest absolute Gasteiger partial charge is 0.476 e. The van der Waals surface area contributed by atoms with E-state index in [9.17, 15) is 14.4 Å². The number of nitrogens with one attached hydrogen (secondary N) is 1. The first-order valence-electron chi connectivity index (χ1n) is 8.21. The molecule has 1 aromatic carbocycles. The number of likely N-dealkylation sites (tertiary alicyclic amines) is 1. The Kier molecular flexibility index (Phi) is 5.32. The van der Waals surface area contributed by atoms with Crippen LogP contribution in [-0.2, 0) is 22.7 Å². The van der Waals surface area contributed by atoms with Gasteiger partial charge in [-0.3, -0.25) is 9.59 Å². The van der Waals surface area contributed by atoms with Crippen LogP contribution in [0.5, 0.6) is 0 Å². The summed E-state index contributed by atoms with van der Waals surface area (Å²) >= 11 is 1.18. The zero-order valence-electron chi connectivity index (χ0n) is 14.3. The maximum absolute atomic E-state index is 12.3. The van der Waals surface area contributed by atoms with Gasteiger partial charge in [-0.2, -0.15) is 0 Å². The highest BCUT2D eigenvalue weighted by atomic mass is 32.1. The third kappa shape index (κ3) is 4.26. The molecule has 1 fully saturated rings. The topological polar surface area (TPSA) is 99.6 Å². The first-order valence-corrected chi connectivity index (χ1v) is 9.09. The molecule has 0 saturated carbocycles. The first kappa shape index (κ1) is 18.1. The summed E-state index contributed by atoms with van der Waals surface area (Å²) in [6.07, 6.45) is 0.190. The average Bonchev–Trinajstić information content (AvgIpc) is 3.22. The monoisotopic (exact) mass is 373 g/mol. The number of hydrogen-bond donors (Lipinski definition) is 2. The molecule has 2 N–H and O–H groups in total. The molecule has 0 radical (unpaired) electrons. The van der Waals surface area contributed by atoms with Gasteiger partial charge < -0.3 is 15.3 Å². The fourth-order valence-electron chi connectivity index (χ4n) is 2.81. The summed E-state index contributed by atoms with van der Waals surface area (Å²) in [5.41, 5.74) is 2.17. The zero-order valence-corrected chi connectivity index (χ0v) is 15.1. The number of benzene rings is 1. The van der Waals surface area contributed by atoms with Gasteiger partial charge in [-0.1, -0.05) is 29.8 Å². The van der Waals surface area contributed by atoms with Crippen molar-refractivity contribution in [3.63, 3.8) is 0 Å². The van der Waals surface area contributed by atoms with E-state index in [2.05, 4.69) is 10.3 Å². The van der Waals surface area contributed by atoms with Crippen molar-refractivity contribution in [1.29, 1.82) is 0 Å². The molecule has 1 atom stereocenters. The molecule has 26 heavy (non-hydrogen) atoms. The van der Waals surface area contributed by atoms with Crippen LogP contribution in [0.4, 0.5) is 0 Å². The maximum atomic E-state index is 12.3. The number of carbonyl (C=O) groups is 3. The number of carbonyl (C=O) groups excluding carboxylic acids is 2. The van der Waals surface area contributed by atoms with Crippen LogP contribution in [-0.4, -0.2) is 39.3 Å². The summed E-state index contributed by atoms with van der Waals surface area (Å²) in [5.74, 6) is -1.73. The number of thiazole rings is 1. The Morgan fingerprint density at radius 3 is 2.73 bits per heavy atom. The quantitative estimate of drug-likeness (QED) is 0.804. The van der Waals surface area contributed by atoms with E-state index in [1.54, 1.807) is 4.90 Å². The van der Waals surface area contributed by atoms with Crippen molar-refractivity contribution in [2.75, 3.05) is 6.54 Å². The maximum Gasteiger partial charge on any atom is 0.355 e. The standard InChI is InChI=1S/C18H19N3O4S/c1-11-2-4-12(5-3-11)8-21-9-13(6-16(21)22)17(23)19-7-15-20-14(10-26-15)18(24)25/h2-5,10,13H,6-9H2,1H3,(H,19,23)(H,24,25). The van der Waals surface area contributed by atoms with E-state index < -0.39 is 11.9 Å². The lowest BCUT2D eigenvalue weighted by atomic mass is 10.1. The van der Waals surface area contributed by atoms with Crippen molar-refractivity contribution in [3.8, 4) is 0 Å². The molecule has 0 bridgehead atoms. The highest BCUT2D eigenvalue weighted by Gasteiger charge is 2.34. The Hall–Kier alpha value is -2.74. The molecule has 1 aromatic heterocycles. The molecule has 1 aliphatic rings. The van der Waals surface area contributed by atoms with Crippen molar-refractivity contribution >= 4 is 29.1 Å². The number of hydrogen-bond acceptors (Lipinski definition) is 5. The molecular weight excluding hydrogens is 354 g/mol. The number of carboxylic acid groups (broad SMARTS) is 1. The van der Waals surface area contributed by atoms with E-state index in [1.165, 1.54) is 16.7 Å². The smallest absolute Gasteiger partial charge is 0.355 e. The third-order valence-corrected chi connectivity index (χ3v) is 5.11. The summed E-state index contributed by atoms with van der Waals surface area (Å²) < 4.78 is 0. The van der Waals surface area contributed by atoms with Gasteiger partial charge in [-0.25, -0.2) is 9.78 Å². The highest BCUT2D eigenvalue weighted by Crippen LogP contribution is 2.21. The van der Waals surface area contributed by atoms with Crippen LogP contribution in [0.25, 0.3) is 0 Å². The minimum atomic E-state index is -1.09. The lowest BCUT2D eigenvalue weighted by Crippen LogP contribution is -2.32. The molecule has 1 aliphatic heterocycles. The Balaban J connectivity index is 1.53. The van der Waals surface area contributed by atoms with Gasteiger partial charge in [0, 0.05) is 24.9 Å². The second kappa shape index (κ2) is 7.65. The third-order valence-electron chi connectivity index (χ3n) is 4.26. The van der Waals surface area contributed by atoms with Gasteiger partial charge in [0.2, 0.25) is 11.8 Å². The van der Waals surface area contributed by atoms with Crippen molar-refractivity contribution in [1.82, 2.24) is 15.2 Å². The molecule has 7 nitrogen and oxygen atoms in total. The van der Waals surface area contributed by atoms with Crippen LogP contribution < -0.4 is 5.32 Å². The van der Waals surface area contributed by atoms with Crippen LogP contribution in [0.1, 0.15) is 33.0 Å². The van der Waals surface area contributed by atoms with Gasteiger partial charge in [0.25, 0.3) is 0 Å². The summed E-state index contributed by atoms with van der Waals surface area (Å²) in [4.78, 5) is 40.9.